The van der Waals surface area contributed by atoms with E-state index in [9.17, 15) is 14.0 Å². The van der Waals surface area contributed by atoms with Crippen molar-refractivity contribution < 1.29 is 18.7 Å². The average Bonchev–Trinajstić information content (AvgIpc) is 3.21. The molecule has 0 N–H and O–H groups in total. The lowest BCUT2D eigenvalue weighted by atomic mass is 9.64. The van der Waals surface area contributed by atoms with Crippen LogP contribution in [0.1, 0.15) is 49.9 Å². The van der Waals surface area contributed by atoms with Gasteiger partial charge >= 0.3 is 5.97 Å². The molecule has 0 spiro atoms. The van der Waals surface area contributed by atoms with Gasteiger partial charge in [-0.25, -0.2) is 9.37 Å². The van der Waals surface area contributed by atoms with Gasteiger partial charge in [0.05, 0.1) is 16.8 Å². The van der Waals surface area contributed by atoms with Crippen LogP contribution in [0, 0.1) is 5.82 Å². The number of halogens is 1. The molecule has 5 nitrogen and oxygen atoms in total. The third-order valence-electron chi connectivity index (χ3n) is 5.99. The number of benzene rings is 2. The minimum atomic E-state index is -0.709. The van der Waals surface area contributed by atoms with Crippen LogP contribution >= 0.6 is 11.3 Å². The van der Waals surface area contributed by atoms with Crippen LogP contribution in [-0.2, 0) is 32.8 Å². The summed E-state index contributed by atoms with van der Waals surface area (Å²) in [6.45, 7) is 3.60. The molecule has 0 atom stereocenters. The molecule has 0 radical (unpaired) electrons. The van der Waals surface area contributed by atoms with E-state index >= 15 is 0 Å². The van der Waals surface area contributed by atoms with Gasteiger partial charge in [0.15, 0.2) is 5.13 Å². The Morgan fingerprint density at radius 2 is 1.81 bits per heavy atom. The molecule has 1 aliphatic rings. The molecule has 1 heterocycles. The number of carbonyl (C=O) groups is 2. The normalized spacial score (nSPS) is 14.5. The fourth-order valence-electron chi connectivity index (χ4n) is 3.96. The van der Waals surface area contributed by atoms with Crippen LogP contribution in [0.2, 0.25) is 0 Å². The standard InChI is InChI=1S/C25H25FN2O3S/c1-3-18-5-11-22(12-6-18)28(17(2)29)24-27-21(16-32-24)15-31-23(30)25(13-4-14-25)19-7-9-20(26)10-8-19/h5-12,16H,3-4,13-15H2,1-2H3. The predicted octanol–water partition coefficient (Wildman–Crippen LogP) is 5.69. The van der Waals surface area contributed by atoms with Gasteiger partial charge in [0.25, 0.3) is 0 Å². The third-order valence-corrected chi connectivity index (χ3v) is 6.87. The number of amides is 1. The molecular weight excluding hydrogens is 427 g/mol. The van der Waals surface area contributed by atoms with Crippen molar-refractivity contribution in [3.63, 3.8) is 0 Å². The van der Waals surface area contributed by atoms with Crippen LogP contribution in [-0.4, -0.2) is 16.9 Å². The number of hydrogen-bond acceptors (Lipinski definition) is 5. The first-order valence-electron chi connectivity index (χ1n) is 10.7. The molecule has 32 heavy (non-hydrogen) atoms. The van der Waals surface area contributed by atoms with Crippen molar-refractivity contribution in [2.45, 2.75) is 51.6 Å². The molecule has 0 unspecified atom stereocenters. The van der Waals surface area contributed by atoms with Crippen LogP contribution in [0.4, 0.5) is 15.2 Å². The lowest BCUT2D eigenvalue weighted by molar-refractivity contribution is -0.156. The van der Waals surface area contributed by atoms with Gasteiger partial charge in [0.2, 0.25) is 5.91 Å². The number of anilines is 2. The highest BCUT2D eigenvalue weighted by molar-refractivity contribution is 7.14. The Morgan fingerprint density at radius 1 is 1.12 bits per heavy atom. The van der Waals surface area contributed by atoms with E-state index in [1.165, 1.54) is 36.0 Å². The number of aromatic nitrogens is 1. The number of ether oxygens (including phenoxy) is 1. The molecule has 3 aromatic rings. The molecule has 4 rings (SSSR count). The van der Waals surface area contributed by atoms with Gasteiger partial charge in [0.1, 0.15) is 12.4 Å². The summed E-state index contributed by atoms with van der Waals surface area (Å²) in [5.41, 5.74) is 2.60. The minimum Gasteiger partial charge on any atom is -0.458 e. The maximum atomic E-state index is 13.3. The van der Waals surface area contributed by atoms with Gasteiger partial charge in [-0.15, -0.1) is 11.3 Å². The second-order valence-electron chi connectivity index (χ2n) is 8.01. The largest absolute Gasteiger partial charge is 0.458 e. The zero-order chi connectivity index (χ0) is 22.7. The minimum absolute atomic E-state index is 0.0266. The molecule has 7 heteroatoms. The van der Waals surface area contributed by atoms with E-state index in [4.69, 9.17) is 4.74 Å². The van der Waals surface area contributed by atoms with Crippen molar-refractivity contribution >= 4 is 34.0 Å². The van der Waals surface area contributed by atoms with E-state index in [1.807, 2.05) is 24.3 Å². The molecule has 2 aromatic carbocycles. The molecule has 0 saturated heterocycles. The van der Waals surface area contributed by atoms with Gasteiger partial charge in [0, 0.05) is 12.3 Å². The highest BCUT2D eigenvalue weighted by atomic mass is 32.1. The zero-order valence-corrected chi connectivity index (χ0v) is 19.0. The fraction of sp³-hybridized carbons (Fsp3) is 0.320. The van der Waals surface area contributed by atoms with E-state index in [2.05, 4.69) is 11.9 Å². The number of carbonyl (C=O) groups excluding carboxylic acids is 2. The lowest BCUT2D eigenvalue weighted by Crippen LogP contribution is -2.43. The number of nitrogens with zero attached hydrogens (tertiary/aromatic N) is 2. The fourth-order valence-corrected chi connectivity index (χ4v) is 4.83. The third kappa shape index (κ3) is 4.30. The Morgan fingerprint density at radius 3 is 2.38 bits per heavy atom. The van der Waals surface area contributed by atoms with Crippen molar-refractivity contribution in [2.24, 2.45) is 0 Å². The second kappa shape index (κ2) is 9.20. The topological polar surface area (TPSA) is 59.5 Å². The van der Waals surface area contributed by atoms with Crippen molar-refractivity contribution in [2.75, 3.05) is 4.90 Å². The van der Waals surface area contributed by atoms with Crippen LogP contribution in [0.3, 0.4) is 0 Å². The van der Waals surface area contributed by atoms with Gasteiger partial charge in [-0.2, -0.15) is 0 Å². The molecule has 1 amide bonds. The number of thiazole rings is 1. The second-order valence-corrected chi connectivity index (χ2v) is 8.85. The molecular formula is C25H25FN2O3S. The first-order valence-corrected chi connectivity index (χ1v) is 11.6. The summed E-state index contributed by atoms with van der Waals surface area (Å²) in [4.78, 5) is 31.3. The number of rotatable bonds is 7. The molecule has 1 saturated carbocycles. The average molecular weight is 453 g/mol. The van der Waals surface area contributed by atoms with Crippen molar-refractivity contribution in [1.82, 2.24) is 4.98 Å². The van der Waals surface area contributed by atoms with Crippen LogP contribution in [0.5, 0.6) is 0 Å². The quantitative estimate of drug-likeness (QED) is 0.432. The molecule has 166 valence electrons. The van der Waals surface area contributed by atoms with E-state index in [1.54, 1.807) is 22.4 Å². The summed E-state index contributed by atoms with van der Waals surface area (Å²) in [5, 5.41) is 2.33. The smallest absolute Gasteiger partial charge is 0.316 e. The van der Waals surface area contributed by atoms with E-state index in [-0.39, 0.29) is 24.3 Å². The van der Waals surface area contributed by atoms with Crippen LogP contribution < -0.4 is 4.90 Å². The molecule has 0 aliphatic heterocycles. The number of hydrogen-bond donors (Lipinski definition) is 0. The summed E-state index contributed by atoms with van der Waals surface area (Å²) in [6.07, 6.45) is 3.22. The van der Waals surface area contributed by atoms with Gasteiger partial charge in [-0.05, 0) is 54.7 Å². The SMILES string of the molecule is CCc1ccc(N(C(C)=O)c2nc(COC(=O)C3(c4ccc(F)cc4)CCC3)cs2)cc1. The van der Waals surface area contributed by atoms with E-state index in [0.29, 0.717) is 23.7 Å². The van der Waals surface area contributed by atoms with Gasteiger partial charge < -0.3 is 4.74 Å². The predicted molar refractivity (Wildman–Crippen MR) is 122 cm³/mol. The summed E-state index contributed by atoms with van der Waals surface area (Å²) in [6, 6.07) is 13.9. The monoisotopic (exact) mass is 452 g/mol. The summed E-state index contributed by atoms with van der Waals surface area (Å²) in [7, 11) is 0. The Kier molecular flexibility index (Phi) is 6.37. The highest BCUT2D eigenvalue weighted by Gasteiger charge is 2.47. The maximum absolute atomic E-state index is 13.3. The molecule has 1 fully saturated rings. The molecule has 1 aromatic heterocycles. The molecule has 1 aliphatic carbocycles. The molecule has 0 bridgehead atoms. The maximum Gasteiger partial charge on any atom is 0.316 e. The van der Waals surface area contributed by atoms with Crippen molar-refractivity contribution in [3.05, 3.63) is 76.5 Å². The van der Waals surface area contributed by atoms with E-state index in [0.717, 1.165) is 24.1 Å². The Labute approximate surface area is 190 Å². The summed E-state index contributed by atoms with van der Waals surface area (Å²) < 4.78 is 18.9. The first kappa shape index (κ1) is 22.1. The van der Waals surface area contributed by atoms with Crippen molar-refractivity contribution in [3.8, 4) is 0 Å². The lowest BCUT2D eigenvalue weighted by Gasteiger charge is -2.39. The van der Waals surface area contributed by atoms with Crippen molar-refractivity contribution in [1.29, 1.82) is 0 Å². The summed E-state index contributed by atoms with van der Waals surface area (Å²) >= 11 is 1.33. The van der Waals surface area contributed by atoms with E-state index < -0.39 is 5.41 Å². The van der Waals surface area contributed by atoms with Crippen LogP contribution in [0.25, 0.3) is 0 Å². The van der Waals surface area contributed by atoms with Gasteiger partial charge in [-0.3, -0.25) is 14.5 Å². The summed E-state index contributed by atoms with van der Waals surface area (Å²) in [5.74, 6) is -0.786. The number of esters is 1. The Balaban J connectivity index is 1.46. The Bertz CT molecular complexity index is 1100. The number of aryl methyl sites for hydroxylation is 1. The first-order chi connectivity index (χ1) is 15.4. The van der Waals surface area contributed by atoms with Gasteiger partial charge in [-0.1, -0.05) is 37.6 Å². The zero-order valence-electron chi connectivity index (χ0n) is 18.1. The van der Waals surface area contributed by atoms with Crippen LogP contribution in [0.15, 0.2) is 53.9 Å². The highest BCUT2D eigenvalue weighted by Crippen LogP contribution is 2.45. The Hall–Kier alpha value is -3.06.